The molecular formula is C26H30N2O7. The predicted molar refractivity (Wildman–Crippen MR) is 128 cm³/mol. The first-order chi connectivity index (χ1) is 16.8. The molecule has 1 amide bonds. The van der Waals surface area contributed by atoms with E-state index in [2.05, 4.69) is 0 Å². The van der Waals surface area contributed by atoms with Crippen LogP contribution < -0.4 is 9.47 Å². The highest BCUT2D eigenvalue weighted by Crippen LogP contribution is 2.53. The van der Waals surface area contributed by atoms with Crippen molar-refractivity contribution >= 4 is 17.6 Å². The van der Waals surface area contributed by atoms with E-state index in [0.29, 0.717) is 29.2 Å². The molecule has 0 radical (unpaired) electrons. The van der Waals surface area contributed by atoms with Gasteiger partial charge in [-0.15, -0.1) is 0 Å². The Bertz CT molecular complexity index is 1110. The number of amides is 1. The fourth-order valence-corrected chi connectivity index (χ4v) is 5.61. The number of hydrogen-bond acceptors (Lipinski definition) is 6. The zero-order valence-corrected chi connectivity index (χ0v) is 19.9. The second-order valence-electron chi connectivity index (χ2n) is 9.10. The van der Waals surface area contributed by atoms with Gasteiger partial charge in [0, 0.05) is 24.6 Å². The van der Waals surface area contributed by atoms with Crippen LogP contribution in [0.4, 0.5) is 5.69 Å². The maximum atomic E-state index is 13.6. The van der Waals surface area contributed by atoms with Gasteiger partial charge in [-0.1, -0.05) is 37.5 Å². The number of rotatable bonds is 8. The van der Waals surface area contributed by atoms with E-state index in [1.54, 1.807) is 23.1 Å². The normalized spacial score (nSPS) is 22.7. The molecule has 0 aromatic heterocycles. The fourth-order valence-electron chi connectivity index (χ4n) is 5.61. The minimum atomic E-state index is -1.61. The third-order valence-corrected chi connectivity index (χ3v) is 7.21. The standard InChI is InChI=1S/C26H30N2O7/c1-3-35-22-15-17(9-14-21(22)34-2)24-26(25(30)31,18-10-12-20(13-11-18)28(32)33)16-23(29)27(24)19-7-5-4-6-8-19/h9-15,19,24H,3-8,16H2,1-2H3,(H,30,31)/t24-,26-/m1/s1. The molecule has 2 aliphatic rings. The number of benzene rings is 2. The van der Waals surface area contributed by atoms with Crippen molar-refractivity contribution in [2.45, 2.75) is 62.9 Å². The molecule has 0 bridgehead atoms. The van der Waals surface area contributed by atoms with Crippen molar-refractivity contribution in [1.82, 2.24) is 4.90 Å². The van der Waals surface area contributed by atoms with E-state index in [1.807, 2.05) is 6.92 Å². The number of methoxy groups -OCH3 is 1. The Morgan fingerprint density at radius 1 is 1.14 bits per heavy atom. The van der Waals surface area contributed by atoms with Crippen molar-refractivity contribution in [1.29, 1.82) is 0 Å². The highest BCUT2D eigenvalue weighted by atomic mass is 16.6. The number of nitrogens with zero attached hydrogens (tertiary/aromatic N) is 2. The van der Waals surface area contributed by atoms with E-state index in [-0.39, 0.29) is 24.1 Å². The second kappa shape index (κ2) is 9.93. The molecule has 186 valence electrons. The van der Waals surface area contributed by atoms with Gasteiger partial charge >= 0.3 is 5.97 Å². The van der Waals surface area contributed by atoms with Crippen molar-refractivity contribution in [3.05, 3.63) is 63.7 Å². The molecule has 2 fully saturated rings. The summed E-state index contributed by atoms with van der Waals surface area (Å²) in [5, 5.41) is 21.9. The van der Waals surface area contributed by atoms with E-state index >= 15 is 0 Å². The van der Waals surface area contributed by atoms with Gasteiger partial charge in [0.2, 0.25) is 5.91 Å². The predicted octanol–water partition coefficient (Wildman–Crippen LogP) is 4.63. The summed E-state index contributed by atoms with van der Waals surface area (Å²) in [6.07, 6.45) is 4.44. The van der Waals surface area contributed by atoms with Crippen LogP contribution in [0.25, 0.3) is 0 Å². The van der Waals surface area contributed by atoms with Crippen LogP contribution in [0.1, 0.15) is 62.6 Å². The van der Waals surface area contributed by atoms with Crippen LogP contribution in [0.2, 0.25) is 0 Å². The van der Waals surface area contributed by atoms with Gasteiger partial charge in [0.25, 0.3) is 5.69 Å². The monoisotopic (exact) mass is 482 g/mol. The van der Waals surface area contributed by atoms with Gasteiger partial charge in [0.05, 0.1) is 24.7 Å². The summed E-state index contributed by atoms with van der Waals surface area (Å²) in [6, 6.07) is 9.90. The molecule has 1 heterocycles. The molecule has 0 spiro atoms. The molecule has 1 saturated carbocycles. The quantitative estimate of drug-likeness (QED) is 0.430. The van der Waals surface area contributed by atoms with Crippen LogP contribution in [-0.4, -0.2) is 46.6 Å². The third kappa shape index (κ3) is 4.31. The van der Waals surface area contributed by atoms with Crippen LogP contribution in [0.5, 0.6) is 11.5 Å². The van der Waals surface area contributed by atoms with Gasteiger partial charge in [0.15, 0.2) is 11.5 Å². The number of non-ortho nitro benzene ring substituents is 1. The number of carbonyl (C=O) groups is 2. The smallest absolute Gasteiger partial charge is 0.317 e. The van der Waals surface area contributed by atoms with Crippen LogP contribution in [-0.2, 0) is 15.0 Å². The SMILES string of the molecule is CCOc1cc([C@H]2N(C3CCCCC3)C(=O)C[C@@]2(C(=O)O)c2ccc([N+](=O)[O-])cc2)ccc1OC. The van der Waals surface area contributed by atoms with Gasteiger partial charge < -0.3 is 19.5 Å². The summed E-state index contributed by atoms with van der Waals surface area (Å²) >= 11 is 0. The minimum absolute atomic E-state index is 0.0711. The molecule has 4 rings (SSSR count). The lowest BCUT2D eigenvalue weighted by atomic mass is 9.71. The topological polar surface area (TPSA) is 119 Å². The number of nitro groups is 1. The first kappa shape index (κ1) is 24.5. The molecule has 1 aliphatic carbocycles. The molecule has 0 unspecified atom stereocenters. The molecule has 2 aromatic rings. The number of carbonyl (C=O) groups excluding carboxylic acids is 1. The maximum absolute atomic E-state index is 13.6. The molecule has 2 aromatic carbocycles. The maximum Gasteiger partial charge on any atom is 0.317 e. The molecule has 1 aliphatic heterocycles. The van der Waals surface area contributed by atoms with E-state index in [0.717, 1.165) is 32.1 Å². The Morgan fingerprint density at radius 2 is 1.83 bits per heavy atom. The van der Waals surface area contributed by atoms with Crippen LogP contribution in [0, 0.1) is 10.1 Å². The largest absolute Gasteiger partial charge is 0.493 e. The van der Waals surface area contributed by atoms with E-state index < -0.39 is 22.3 Å². The van der Waals surface area contributed by atoms with Gasteiger partial charge in [-0.25, -0.2) is 0 Å². The number of ether oxygens (including phenoxy) is 2. The number of carboxylic acid groups (broad SMARTS) is 1. The lowest BCUT2D eigenvalue weighted by Crippen LogP contribution is -2.46. The summed E-state index contributed by atoms with van der Waals surface area (Å²) in [6.45, 7) is 2.24. The first-order valence-electron chi connectivity index (χ1n) is 11.9. The Labute approximate surface area is 203 Å². The lowest BCUT2D eigenvalue weighted by Gasteiger charge is -2.40. The van der Waals surface area contributed by atoms with Crippen molar-refractivity contribution < 1.29 is 29.1 Å². The number of aliphatic carboxylic acids is 1. The summed E-state index contributed by atoms with van der Waals surface area (Å²) in [5.41, 5.74) is -0.753. The molecule has 35 heavy (non-hydrogen) atoms. The van der Waals surface area contributed by atoms with Crippen LogP contribution in [0.15, 0.2) is 42.5 Å². The summed E-state index contributed by atoms with van der Waals surface area (Å²) in [4.78, 5) is 39.1. The number of nitro benzene ring substituents is 1. The number of carboxylic acids is 1. The van der Waals surface area contributed by atoms with E-state index in [9.17, 15) is 24.8 Å². The summed E-state index contributed by atoms with van der Waals surface area (Å²) in [5.74, 6) is -0.382. The Kier molecular flexibility index (Phi) is 6.95. The Hall–Kier alpha value is -3.62. The van der Waals surface area contributed by atoms with Crippen LogP contribution >= 0.6 is 0 Å². The van der Waals surface area contributed by atoms with Gasteiger partial charge in [-0.05, 0) is 43.0 Å². The minimum Gasteiger partial charge on any atom is -0.493 e. The third-order valence-electron chi connectivity index (χ3n) is 7.21. The van der Waals surface area contributed by atoms with E-state index in [1.165, 1.54) is 31.4 Å². The van der Waals surface area contributed by atoms with Crippen molar-refractivity contribution in [3.8, 4) is 11.5 Å². The Morgan fingerprint density at radius 3 is 2.40 bits per heavy atom. The number of hydrogen-bond donors (Lipinski definition) is 1. The second-order valence-corrected chi connectivity index (χ2v) is 9.10. The van der Waals surface area contributed by atoms with Crippen molar-refractivity contribution in [3.63, 3.8) is 0 Å². The molecule has 1 saturated heterocycles. The lowest BCUT2D eigenvalue weighted by molar-refractivity contribution is -0.384. The van der Waals surface area contributed by atoms with Crippen LogP contribution in [0.3, 0.4) is 0 Å². The summed E-state index contributed by atoms with van der Waals surface area (Å²) in [7, 11) is 1.53. The van der Waals surface area contributed by atoms with Gasteiger partial charge in [0.1, 0.15) is 5.41 Å². The molecule has 1 N–H and O–H groups in total. The molecule has 9 nitrogen and oxygen atoms in total. The molecule has 2 atom stereocenters. The van der Waals surface area contributed by atoms with Crippen molar-refractivity contribution in [2.24, 2.45) is 0 Å². The zero-order chi connectivity index (χ0) is 25.2. The van der Waals surface area contributed by atoms with E-state index in [4.69, 9.17) is 9.47 Å². The average Bonchev–Trinajstić information content (AvgIpc) is 3.18. The highest BCUT2D eigenvalue weighted by molar-refractivity contribution is 5.95. The first-order valence-corrected chi connectivity index (χ1v) is 11.9. The Balaban J connectivity index is 1.92. The molecular weight excluding hydrogens is 452 g/mol. The average molecular weight is 483 g/mol. The fraction of sp³-hybridized carbons (Fsp3) is 0.462. The summed E-state index contributed by atoms with van der Waals surface area (Å²) < 4.78 is 11.2. The van der Waals surface area contributed by atoms with Gasteiger partial charge in [-0.3, -0.25) is 19.7 Å². The number of likely N-dealkylation sites (tertiary alicyclic amines) is 1. The van der Waals surface area contributed by atoms with Gasteiger partial charge in [-0.2, -0.15) is 0 Å². The zero-order valence-electron chi connectivity index (χ0n) is 19.9. The highest BCUT2D eigenvalue weighted by Gasteiger charge is 2.60. The molecule has 9 heteroatoms. The van der Waals surface area contributed by atoms with Crippen molar-refractivity contribution in [2.75, 3.05) is 13.7 Å².